The molecule has 160 valence electrons. The Morgan fingerprint density at radius 3 is 2.26 bits per heavy atom. The second-order valence-electron chi connectivity index (χ2n) is 8.05. The lowest BCUT2D eigenvalue weighted by Crippen LogP contribution is -2.35. The van der Waals surface area contributed by atoms with Crippen LogP contribution in [0.25, 0.3) is 10.8 Å². The van der Waals surface area contributed by atoms with Crippen molar-refractivity contribution in [2.45, 2.75) is 32.6 Å². The third-order valence-corrected chi connectivity index (χ3v) is 5.80. The van der Waals surface area contributed by atoms with E-state index in [1.54, 1.807) is 0 Å². The van der Waals surface area contributed by atoms with Gasteiger partial charge in [0.05, 0.1) is 5.56 Å². The Labute approximate surface area is 183 Å². The van der Waals surface area contributed by atoms with Gasteiger partial charge in [-0.05, 0) is 54.3 Å². The number of para-hydroxylation sites is 1. The van der Waals surface area contributed by atoms with Crippen molar-refractivity contribution in [1.82, 2.24) is 4.90 Å². The first-order valence-corrected chi connectivity index (χ1v) is 10.9. The van der Waals surface area contributed by atoms with E-state index >= 15 is 0 Å². The van der Waals surface area contributed by atoms with Gasteiger partial charge >= 0.3 is 0 Å². The number of nitrogens with zero attached hydrogens (tertiary/aromatic N) is 1. The van der Waals surface area contributed by atoms with Crippen molar-refractivity contribution in [3.8, 4) is 5.75 Å². The summed E-state index contributed by atoms with van der Waals surface area (Å²) in [5.74, 6) is 0.144. The predicted octanol–water partition coefficient (Wildman–Crippen LogP) is 5.18. The lowest BCUT2D eigenvalue weighted by atomic mass is 10.0. The summed E-state index contributed by atoms with van der Waals surface area (Å²) < 4.78 is 5.94. The molecule has 4 rings (SSSR count). The summed E-state index contributed by atoms with van der Waals surface area (Å²) in [7, 11) is 0. The third-order valence-electron chi connectivity index (χ3n) is 5.80. The Morgan fingerprint density at radius 1 is 0.903 bits per heavy atom. The van der Waals surface area contributed by atoms with E-state index in [1.807, 2.05) is 72.5 Å². The van der Waals surface area contributed by atoms with Gasteiger partial charge in [-0.1, -0.05) is 55.3 Å². The molecule has 1 saturated heterocycles. The van der Waals surface area contributed by atoms with Crippen molar-refractivity contribution in [3.63, 3.8) is 0 Å². The van der Waals surface area contributed by atoms with Crippen molar-refractivity contribution in [1.29, 1.82) is 0 Å². The monoisotopic (exact) mass is 416 g/mol. The van der Waals surface area contributed by atoms with Crippen LogP contribution in [0, 0.1) is 6.92 Å². The molecule has 1 aliphatic heterocycles. The maximum Gasteiger partial charge on any atom is 0.260 e. The lowest BCUT2D eigenvalue weighted by molar-refractivity contribution is -0.133. The number of carbonyl (C=O) groups excluding carboxylic acids is 2. The molecule has 1 heterocycles. The zero-order chi connectivity index (χ0) is 21.6. The topological polar surface area (TPSA) is 58.6 Å². The Bertz CT molecular complexity index is 1080. The second kappa shape index (κ2) is 9.65. The average molecular weight is 417 g/mol. The molecule has 2 amide bonds. The van der Waals surface area contributed by atoms with Crippen molar-refractivity contribution >= 4 is 28.3 Å². The molecule has 3 aromatic carbocycles. The van der Waals surface area contributed by atoms with Gasteiger partial charge in [0.15, 0.2) is 6.61 Å². The predicted molar refractivity (Wildman–Crippen MR) is 124 cm³/mol. The van der Waals surface area contributed by atoms with E-state index in [-0.39, 0.29) is 18.4 Å². The van der Waals surface area contributed by atoms with E-state index in [9.17, 15) is 9.59 Å². The Kier molecular flexibility index (Phi) is 6.51. The number of ether oxygens (including phenoxy) is 1. The van der Waals surface area contributed by atoms with Gasteiger partial charge < -0.3 is 15.0 Å². The highest BCUT2D eigenvalue weighted by Gasteiger charge is 2.19. The SMILES string of the molecule is Cc1ccccc1NC(=O)c1cc2ccccc2cc1OCC(=O)N1CCCCCC1. The van der Waals surface area contributed by atoms with Gasteiger partial charge in [0, 0.05) is 18.8 Å². The fourth-order valence-electron chi connectivity index (χ4n) is 3.97. The van der Waals surface area contributed by atoms with Gasteiger partial charge in [-0.25, -0.2) is 0 Å². The number of anilines is 1. The normalized spacial score (nSPS) is 14.2. The van der Waals surface area contributed by atoms with Crippen LogP contribution >= 0.6 is 0 Å². The van der Waals surface area contributed by atoms with Gasteiger partial charge in [0.1, 0.15) is 5.75 Å². The second-order valence-corrected chi connectivity index (χ2v) is 8.05. The highest BCUT2D eigenvalue weighted by molar-refractivity contribution is 6.09. The fourth-order valence-corrected chi connectivity index (χ4v) is 3.97. The first kappa shape index (κ1) is 20.9. The molecular formula is C26H28N2O3. The van der Waals surface area contributed by atoms with Crippen molar-refractivity contribution < 1.29 is 14.3 Å². The molecule has 31 heavy (non-hydrogen) atoms. The number of amides is 2. The zero-order valence-corrected chi connectivity index (χ0v) is 17.9. The molecular weight excluding hydrogens is 388 g/mol. The zero-order valence-electron chi connectivity index (χ0n) is 17.9. The summed E-state index contributed by atoms with van der Waals surface area (Å²) in [6, 6.07) is 19.1. The molecule has 0 atom stereocenters. The van der Waals surface area contributed by atoms with Crippen LogP contribution in [0.2, 0.25) is 0 Å². The van der Waals surface area contributed by atoms with Crippen LogP contribution in [0.5, 0.6) is 5.75 Å². The number of hydrogen-bond donors (Lipinski definition) is 1. The maximum absolute atomic E-state index is 13.1. The Morgan fingerprint density at radius 2 is 1.55 bits per heavy atom. The Hall–Kier alpha value is -3.34. The highest BCUT2D eigenvalue weighted by atomic mass is 16.5. The molecule has 1 aliphatic rings. The highest BCUT2D eigenvalue weighted by Crippen LogP contribution is 2.28. The first-order chi connectivity index (χ1) is 15.1. The van der Waals surface area contributed by atoms with E-state index in [1.165, 1.54) is 12.8 Å². The van der Waals surface area contributed by atoms with Gasteiger partial charge in [0.2, 0.25) is 0 Å². The summed E-state index contributed by atoms with van der Waals surface area (Å²) in [5.41, 5.74) is 2.16. The number of benzene rings is 3. The van der Waals surface area contributed by atoms with Gasteiger partial charge in [-0.2, -0.15) is 0 Å². The molecule has 0 saturated carbocycles. The molecule has 0 aliphatic carbocycles. The lowest BCUT2D eigenvalue weighted by Gasteiger charge is -2.21. The van der Waals surface area contributed by atoms with E-state index in [0.29, 0.717) is 11.3 Å². The number of nitrogens with one attached hydrogen (secondary N) is 1. The van der Waals surface area contributed by atoms with E-state index in [4.69, 9.17) is 4.74 Å². The molecule has 1 N–H and O–H groups in total. The summed E-state index contributed by atoms with van der Waals surface area (Å²) in [6.45, 7) is 3.44. The summed E-state index contributed by atoms with van der Waals surface area (Å²) in [6.07, 6.45) is 4.40. The third kappa shape index (κ3) is 5.05. The molecule has 5 nitrogen and oxygen atoms in total. The first-order valence-electron chi connectivity index (χ1n) is 10.9. The summed E-state index contributed by atoms with van der Waals surface area (Å²) in [5, 5.41) is 4.89. The minimum absolute atomic E-state index is 0.0275. The molecule has 0 bridgehead atoms. The molecule has 0 unspecified atom stereocenters. The summed E-state index contributed by atoms with van der Waals surface area (Å²) in [4.78, 5) is 27.7. The molecule has 5 heteroatoms. The van der Waals surface area contributed by atoms with Crippen LogP contribution in [0.3, 0.4) is 0 Å². The number of fused-ring (bicyclic) bond motifs is 1. The smallest absolute Gasteiger partial charge is 0.260 e. The number of hydrogen-bond acceptors (Lipinski definition) is 3. The maximum atomic E-state index is 13.1. The fraction of sp³-hybridized carbons (Fsp3) is 0.308. The van der Waals surface area contributed by atoms with Crippen molar-refractivity contribution in [2.75, 3.05) is 25.0 Å². The Balaban J connectivity index is 1.58. The van der Waals surface area contributed by atoms with E-state index < -0.39 is 0 Å². The van der Waals surface area contributed by atoms with Crippen LogP contribution in [0.4, 0.5) is 5.69 Å². The molecule has 1 fully saturated rings. The number of rotatable bonds is 5. The van der Waals surface area contributed by atoms with E-state index in [2.05, 4.69) is 5.32 Å². The largest absolute Gasteiger partial charge is 0.483 e. The molecule has 0 radical (unpaired) electrons. The number of carbonyl (C=O) groups is 2. The number of likely N-dealkylation sites (tertiary alicyclic amines) is 1. The molecule has 3 aromatic rings. The minimum Gasteiger partial charge on any atom is -0.483 e. The molecule has 0 aromatic heterocycles. The number of aryl methyl sites for hydroxylation is 1. The quantitative estimate of drug-likeness (QED) is 0.623. The van der Waals surface area contributed by atoms with Crippen LogP contribution in [-0.2, 0) is 4.79 Å². The van der Waals surface area contributed by atoms with E-state index in [0.717, 1.165) is 48.0 Å². The van der Waals surface area contributed by atoms with Crippen molar-refractivity contribution in [2.24, 2.45) is 0 Å². The van der Waals surface area contributed by atoms with Gasteiger partial charge in [-0.15, -0.1) is 0 Å². The molecule has 0 spiro atoms. The van der Waals surface area contributed by atoms with Crippen LogP contribution in [-0.4, -0.2) is 36.4 Å². The standard InChI is InChI=1S/C26H28N2O3/c1-19-10-4-7-13-23(19)27-26(30)22-16-20-11-5-6-12-21(20)17-24(22)31-18-25(29)28-14-8-2-3-9-15-28/h4-7,10-13,16-17H,2-3,8-9,14-15,18H2,1H3,(H,27,30). The van der Waals surface area contributed by atoms with Crippen LogP contribution in [0.15, 0.2) is 60.7 Å². The summed E-state index contributed by atoms with van der Waals surface area (Å²) >= 11 is 0. The van der Waals surface area contributed by atoms with Crippen LogP contribution in [0.1, 0.15) is 41.6 Å². The van der Waals surface area contributed by atoms with Gasteiger partial charge in [-0.3, -0.25) is 9.59 Å². The van der Waals surface area contributed by atoms with Crippen molar-refractivity contribution in [3.05, 3.63) is 71.8 Å². The average Bonchev–Trinajstić information content (AvgIpc) is 3.08. The van der Waals surface area contributed by atoms with Gasteiger partial charge in [0.25, 0.3) is 11.8 Å². The van der Waals surface area contributed by atoms with Crippen LogP contribution < -0.4 is 10.1 Å². The minimum atomic E-state index is -0.253.